The Morgan fingerprint density at radius 3 is 1.48 bits per heavy atom. The van der Waals surface area contributed by atoms with Gasteiger partial charge in [0.05, 0.1) is 11.1 Å². The predicted octanol–water partition coefficient (Wildman–Crippen LogP) is 6.93. The number of nitrogens with zero attached hydrogens (tertiary/aromatic N) is 3. The fourth-order valence-corrected chi connectivity index (χ4v) is 4.08. The van der Waals surface area contributed by atoms with Crippen LogP contribution >= 0.6 is 0 Å². The third-order valence-electron chi connectivity index (χ3n) is 5.76. The van der Waals surface area contributed by atoms with Gasteiger partial charge in [-0.05, 0) is 35.4 Å². The maximum absolute atomic E-state index is 9.87. The SMILES string of the molecule is Cc1c(C#N)c(Nc2cccc3ccccc23)nc(Nc2cccc3ccccc23)c1C#N. The van der Waals surface area contributed by atoms with Crippen molar-refractivity contribution in [3.63, 3.8) is 0 Å². The van der Waals surface area contributed by atoms with Crippen LogP contribution in [-0.2, 0) is 0 Å². The first-order valence-corrected chi connectivity index (χ1v) is 10.5. The molecule has 0 spiro atoms. The second kappa shape index (κ2) is 8.34. The number of aromatic nitrogens is 1. The van der Waals surface area contributed by atoms with E-state index in [-0.39, 0.29) is 0 Å². The molecule has 1 aromatic heterocycles. The lowest BCUT2D eigenvalue weighted by Gasteiger charge is -2.17. The molecule has 0 unspecified atom stereocenters. The Morgan fingerprint density at radius 2 is 1.03 bits per heavy atom. The van der Waals surface area contributed by atoms with E-state index < -0.39 is 0 Å². The highest BCUT2D eigenvalue weighted by Gasteiger charge is 2.18. The first kappa shape index (κ1) is 20.1. The molecule has 0 amide bonds. The summed E-state index contributed by atoms with van der Waals surface area (Å²) in [5, 5.41) is 30.6. The third kappa shape index (κ3) is 3.59. The van der Waals surface area contributed by atoms with Gasteiger partial charge in [-0.15, -0.1) is 0 Å². The number of anilines is 4. The molecule has 0 saturated carbocycles. The average Bonchev–Trinajstić information content (AvgIpc) is 2.85. The largest absolute Gasteiger partial charge is 0.339 e. The molecule has 0 radical (unpaired) electrons. The fourth-order valence-electron chi connectivity index (χ4n) is 4.08. The van der Waals surface area contributed by atoms with Gasteiger partial charge in [0.25, 0.3) is 0 Å². The van der Waals surface area contributed by atoms with Crippen molar-refractivity contribution in [1.82, 2.24) is 4.98 Å². The van der Waals surface area contributed by atoms with Gasteiger partial charge in [0.2, 0.25) is 0 Å². The van der Waals surface area contributed by atoms with E-state index in [2.05, 4.69) is 22.8 Å². The minimum Gasteiger partial charge on any atom is -0.339 e. The minimum absolute atomic E-state index is 0.350. The lowest BCUT2D eigenvalue weighted by atomic mass is 10.0. The van der Waals surface area contributed by atoms with Crippen molar-refractivity contribution in [2.45, 2.75) is 6.92 Å². The molecule has 156 valence electrons. The Labute approximate surface area is 191 Å². The van der Waals surface area contributed by atoms with E-state index in [1.165, 1.54) is 0 Å². The van der Waals surface area contributed by atoms with Gasteiger partial charge in [-0.1, -0.05) is 72.8 Å². The molecule has 0 aliphatic rings. The summed E-state index contributed by atoms with van der Waals surface area (Å²) in [5.41, 5.74) is 2.97. The van der Waals surface area contributed by atoms with Crippen molar-refractivity contribution in [2.24, 2.45) is 0 Å². The summed E-state index contributed by atoms with van der Waals surface area (Å²) in [6.45, 7) is 1.78. The zero-order valence-electron chi connectivity index (χ0n) is 17.9. The fraction of sp³-hybridized carbons (Fsp3) is 0.0357. The quantitative estimate of drug-likeness (QED) is 0.326. The maximum Gasteiger partial charge on any atom is 0.151 e. The summed E-state index contributed by atoms with van der Waals surface area (Å²) in [4.78, 5) is 4.71. The van der Waals surface area contributed by atoms with Crippen LogP contribution in [-0.4, -0.2) is 4.98 Å². The molecule has 0 bridgehead atoms. The summed E-state index contributed by atoms with van der Waals surface area (Å²) in [6, 6.07) is 32.4. The number of nitriles is 2. The zero-order valence-corrected chi connectivity index (χ0v) is 17.9. The van der Waals surface area contributed by atoms with Gasteiger partial charge in [-0.3, -0.25) is 0 Å². The van der Waals surface area contributed by atoms with E-state index in [0.29, 0.717) is 28.3 Å². The highest BCUT2D eigenvalue weighted by Crippen LogP contribution is 2.33. The van der Waals surface area contributed by atoms with E-state index in [0.717, 1.165) is 32.9 Å². The van der Waals surface area contributed by atoms with Crippen LogP contribution in [0.15, 0.2) is 84.9 Å². The lowest BCUT2D eigenvalue weighted by molar-refractivity contribution is 1.22. The molecule has 5 aromatic rings. The van der Waals surface area contributed by atoms with Crippen LogP contribution in [0.2, 0.25) is 0 Å². The summed E-state index contributed by atoms with van der Waals surface area (Å²) < 4.78 is 0. The highest BCUT2D eigenvalue weighted by molar-refractivity contribution is 5.97. The second-order valence-corrected chi connectivity index (χ2v) is 7.71. The molecular weight excluding hydrogens is 406 g/mol. The van der Waals surface area contributed by atoms with Gasteiger partial charge in [0.1, 0.15) is 12.1 Å². The van der Waals surface area contributed by atoms with Crippen molar-refractivity contribution in [3.05, 3.63) is 102 Å². The first-order chi connectivity index (χ1) is 16.2. The van der Waals surface area contributed by atoms with Gasteiger partial charge in [-0.25, -0.2) is 4.98 Å². The Bertz CT molecular complexity index is 1480. The van der Waals surface area contributed by atoms with E-state index in [4.69, 9.17) is 4.98 Å². The van der Waals surface area contributed by atoms with Crippen LogP contribution in [0.3, 0.4) is 0 Å². The van der Waals surface area contributed by atoms with Crippen molar-refractivity contribution < 1.29 is 0 Å². The number of pyridine rings is 1. The summed E-state index contributed by atoms with van der Waals surface area (Å²) in [7, 11) is 0. The molecule has 5 nitrogen and oxygen atoms in total. The number of hydrogen-bond donors (Lipinski definition) is 2. The van der Waals surface area contributed by atoms with E-state index in [1.54, 1.807) is 6.92 Å². The summed E-state index contributed by atoms with van der Waals surface area (Å²) in [5.74, 6) is 0.821. The van der Waals surface area contributed by atoms with Gasteiger partial charge in [-0.2, -0.15) is 10.5 Å². The van der Waals surface area contributed by atoms with Crippen LogP contribution in [0.25, 0.3) is 21.5 Å². The normalized spacial score (nSPS) is 10.5. The Balaban J connectivity index is 1.65. The molecule has 0 aliphatic carbocycles. The van der Waals surface area contributed by atoms with E-state index >= 15 is 0 Å². The van der Waals surface area contributed by atoms with Crippen molar-refractivity contribution in [2.75, 3.05) is 10.6 Å². The topological polar surface area (TPSA) is 84.5 Å². The molecule has 4 aromatic carbocycles. The number of fused-ring (bicyclic) bond motifs is 2. The van der Waals surface area contributed by atoms with Crippen LogP contribution in [0.5, 0.6) is 0 Å². The summed E-state index contributed by atoms with van der Waals surface area (Å²) in [6.07, 6.45) is 0. The summed E-state index contributed by atoms with van der Waals surface area (Å²) >= 11 is 0. The van der Waals surface area contributed by atoms with Gasteiger partial charge in [0, 0.05) is 22.1 Å². The molecule has 0 saturated heterocycles. The third-order valence-corrected chi connectivity index (χ3v) is 5.76. The van der Waals surface area contributed by atoms with Crippen molar-refractivity contribution in [3.8, 4) is 12.1 Å². The molecule has 33 heavy (non-hydrogen) atoms. The maximum atomic E-state index is 9.87. The van der Waals surface area contributed by atoms with Crippen LogP contribution in [0.4, 0.5) is 23.0 Å². The second-order valence-electron chi connectivity index (χ2n) is 7.71. The van der Waals surface area contributed by atoms with E-state index in [9.17, 15) is 10.5 Å². The van der Waals surface area contributed by atoms with Gasteiger partial charge >= 0.3 is 0 Å². The van der Waals surface area contributed by atoms with Crippen LogP contribution in [0.1, 0.15) is 16.7 Å². The molecule has 1 heterocycles. The van der Waals surface area contributed by atoms with Crippen LogP contribution < -0.4 is 10.6 Å². The first-order valence-electron chi connectivity index (χ1n) is 10.5. The standard InChI is InChI=1S/C28H19N5/c1-18-23(16-29)27(31-25-14-6-10-19-8-2-4-12-21(19)25)33-28(24(18)17-30)32-26-15-7-11-20-9-3-5-13-22(20)26/h2-15H,1H3,(H2,31,32,33). The molecule has 0 aliphatic heterocycles. The number of hydrogen-bond acceptors (Lipinski definition) is 5. The monoisotopic (exact) mass is 425 g/mol. The Hall–Kier alpha value is -4.87. The van der Waals surface area contributed by atoms with E-state index in [1.807, 2.05) is 84.9 Å². The molecule has 5 rings (SSSR count). The molecular formula is C28H19N5. The van der Waals surface area contributed by atoms with Gasteiger partial charge in [0.15, 0.2) is 11.6 Å². The number of nitrogens with one attached hydrogen (secondary N) is 2. The zero-order chi connectivity index (χ0) is 22.8. The van der Waals surface area contributed by atoms with Crippen molar-refractivity contribution in [1.29, 1.82) is 10.5 Å². The predicted molar refractivity (Wildman–Crippen MR) is 133 cm³/mol. The lowest BCUT2D eigenvalue weighted by Crippen LogP contribution is -2.07. The molecule has 2 N–H and O–H groups in total. The Kier molecular flexibility index (Phi) is 5.07. The minimum atomic E-state index is 0.350. The number of rotatable bonds is 4. The van der Waals surface area contributed by atoms with Gasteiger partial charge < -0.3 is 10.6 Å². The molecule has 0 fully saturated rings. The van der Waals surface area contributed by atoms with Crippen molar-refractivity contribution >= 4 is 44.6 Å². The molecule has 0 atom stereocenters. The average molecular weight is 425 g/mol. The Morgan fingerprint density at radius 1 is 0.606 bits per heavy atom. The molecule has 5 heteroatoms. The van der Waals surface area contributed by atoms with Crippen LogP contribution in [0, 0.1) is 29.6 Å². The number of benzene rings is 4. The smallest absolute Gasteiger partial charge is 0.151 e. The highest BCUT2D eigenvalue weighted by atomic mass is 15.1.